The number of nitrogens with one attached hydrogen (secondary N) is 1. The van der Waals surface area contributed by atoms with Gasteiger partial charge in [0.2, 0.25) is 5.89 Å². The van der Waals surface area contributed by atoms with E-state index < -0.39 is 0 Å². The number of aryl methyl sites for hydroxylation is 5. The number of hydrogen-bond acceptors (Lipinski definition) is 5. The van der Waals surface area contributed by atoms with Gasteiger partial charge in [0, 0.05) is 5.56 Å². The van der Waals surface area contributed by atoms with E-state index in [1.165, 1.54) is 16.9 Å². The van der Waals surface area contributed by atoms with Crippen molar-refractivity contribution in [3.05, 3.63) is 57.2 Å². The van der Waals surface area contributed by atoms with Crippen LogP contribution in [0.5, 0.6) is 0 Å². The molecule has 1 N–H and O–H groups in total. The fraction of sp³-hybridized carbons (Fsp3) is 0.316. The second kappa shape index (κ2) is 6.80. The molecule has 1 aromatic carbocycles. The minimum atomic E-state index is -0.153. The van der Waals surface area contributed by atoms with Crippen LogP contribution >= 0.6 is 11.3 Å². The Morgan fingerprint density at radius 1 is 1.12 bits per heavy atom. The van der Waals surface area contributed by atoms with E-state index in [1.807, 2.05) is 20.8 Å². The smallest absolute Gasteiger partial charge is 0.263 e. The summed E-state index contributed by atoms with van der Waals surface area (Å²) in [5, 5.41) is 3.72. The lowest BCUT2D eigenvalue weighted by Gasteiger charge is -2.03. The first-order valence-electron chi connectivity index (χ1n) is 8.11. The van der Waals surface area contributed by atoms with E-state index in [1.54, 1.807) is 0 Å². The van der Waals surface area contributed by atoms with Gasteiger partial charge in [0.15, 0.2) is 0 Å². The second-order valence-electron chi connectivity index (χ2n) is 6.18. The van der Waals surface area contributed by atoms with Crippen LogP contribution in [0.1, 0.15) is 43.8 Å². The van der Waals surface area contributed by atoms with Gasteiger partial charge in [0.1, 0.15) is 15.6 Å². The van der Waals surface area contributed by atoms with Crippen LogP contribution in [0, 0.1) is 34.6 Å². The molecule has 0 aliphatic carbocycles. The van der Waals surface area contributed by atoms with Crippen LogP contribution in [0.3, 0.4) is 0 Å². The van der Waals surface area contributed by atoms with Crippen LogP contribution < -0.4 is 5.32 Å². The first kappa shape index (κ1) is 17.4. The summed E-state index contributed by atoms with van der Waals surface area (Å²) < 4.78 is 5.49. The predicted molar refractivity (Wildman–Crippen MR) is 98.9 cm³/mol. The van der Waals surface area contributed by atoms with E-state index in [2.05, 4.69) is 47.3 Å². The molecule has 130 valence electrons. The maximum atomic E-state index is 12.5. The van der Waals surface area contributed by atoms with Crippen molar-refractivity contribution in [2.75, 3.05) is 0 Å². The third-order valence-corrected chi connectivity index (χ3v) is 5.28. The van der Waals surface area contributed by atoms with E-state index in [0.29, 0.717) is 10.8 Å². The molecule has 3 rings (SSSR count). The van der Waals surface area contributed by atoms with Gasteiger partial charge in [0.25, 0.3) is 5.91 Å². The van der Waals surface area contributed by atoms with Crippen molar-refractivity contribution in [2.24, 2.45) is 0 Å². The fourth-order valence-electron chi connectivity index (χ4n) is 2.63. The maximum Gasteiger partial charge on any atom is 0.263 e. The molecule has 1 amide bonds. The van der Waals surface area contributed by atoms with Gasteiger partial charge in [-0.05, 0) is 40.2 Å². The van der Waals surface area contributed by atoms with Crippen molar-refractivity contribution >= 4 is 17.2 Å². The summed E-state index contributed by atoms with van der Waals surface area (Å²) in [7, 11) is 0. The van der Waals surface area contributed by atoms with Crippen molar-refractivity contribution in [1.82, 2.24) is 15.3 Å². The van der Waals surface area contributed by atoms with Gasteiger partial charge in [-0.15, -0.1) is 11.3 Å². The van der Waals surface area contributed by atoms with Crippen molar-refractivity contribution in [3.8, 4) is 10.6 Å². The average Bonchev–Trinajstić information content (AvgIpc) is 3.08. The molecule has 0 saturated heterocycles. The second-order valence-corrected chi connectivity index (χ2v) is 7.18. The zero-order valence-corrected chi connectivity index (χ0v) is 15.9. The van der Waals surface area contributed by atoms with E-state index in [9.17, 15) is 4.79 Å². The molecule has 5 nitrogen and oxygen atoms in total. The molecule has 0 aliphatic rings. The summed E-state index contributed by atoms with van der Waals surface area (Å²) in [5.41, 5.74) is 5.01. The molecule has 0 radical (unpaired) electrons. The normalized spacial score (nSPS) is 10.9. The fourth-order valence-corrected chi connectivity index (χ4v) is 3.70. The largest absolute Gasteiger partial charge is 0.444 e. The molecule has 2 aromatic heterocycles. The molecule has 0 aliphatic heterocycles. The van der Waals surface area contributed by atoms with Gasteiger partial charge in [-0.25, -0.2) is 9.97 Å². The summed E-state index contributed by atoms with van der Waals surface area (Å²) in [6, 6.07) is 6.24. The Balaban J connectivity index is 1.78. The molecule has 25 heavy (non-hydrogen) atoms. The summed E-state index contributed by atoms with van der Waals surface area (Å²) >= 11 is 1.41. The molecule has 0 unspecified atom stereocenters. The lowest BCUT2D eigenvalue weighted by molar-refractivity contribution is 0.0950. The van der Waals surface area contributed by atoms with E-state index >= 15 is 0 Å². The molecule has 0 fully saturated rings. The van der Waals surface area contributed by atoms with Crippen LogP contribution in [0.25, 0.3) is 10.6 Å². The summed E-state index contributed by atoms with van der Waals surface area (Å²) in [6.07, 6.45) is 0. The van der Waals surface area contributed by atoms with E-state index in [-0.39, 0.29) is 12.5 Å². The van der Waals surface area contributed by atoms with Crippen molar-refractivity contribution in [3.63, 3.8) is 0 Å². The van der Waals surface area contributed by atoms with Gasteiger partial charge in [-0.2, -0.15) is 0 Å². The molecule has 0 spiro atoms. The molecular weight excluding hydrogens is 334 g/mol. The van der Waals surface area contributed by atoms with Crippen LogP contribution in [0.2, 0.25) is 0 Å². The molecule has 2 heterocycles. The van der Waals surface area contributed by atoms with E-state index in [0.717, 1.165) is 33.3 Å². The average molecular weight is 355 g/mol. The first-order valence-corrected chi connectivity index (χ1v) is 8.93. The number of rotatable bonds is 4. The standard InChI is InChI=1S/C19H21N3O2S/c1-10-6-7-15(11(2)8-10)19-22-13(4)17(25-19)18(23)20-9-16-21-12(3)14(5)24-16/h6-8H,9H2,1-5H3,(H,20,23). The highest BCUT2D eigenvalue weighted by atomic mass is 32.1. The van der Waals surface area contributed by atoms with Gasteiger partial charge in [0.05, 0.1) is 17.9 Å². The lowest BCUT2D eigenvalue weighted by atomic mass is 10.1. The highest BCUT2D eigenvalue weighted by Gasteiger charge is 2.18. The summed E-state index contributed by atoms with van der Waals surface area (Å²) in [4.78, 5) is 22.0. The summed E-state index contributed by atoms with van der Waals surface area (Å²) in [5.74, 6) is 1.13. The number of amides is 1. The Kier molecular flexibility index (Phi) is 4.72. The zero-order chi connectivity index (χ0) is 18.1. The van der Waals surface area contributed by atoms with Gasteiger partial charge in [-0.1, -0.05) is 23.8 Å². The monoisotopic (exact) mass is 355 g/mol. The molecular formula is C19H21N3O2S. The lowest BCUT2D eigenvalue weighted by Crippen LogP contribution is -2.22. The molecule has 0 bridgehead atoms. The third kappa shape index (κ3) is 3.64. The van der Waals surface area contributed by atoms with Gasteiger partial charge >= 0.3 is 0 Å². The highest BCUT2D eigenvalue weighted by molar-refractivity contribution is 7.17. The number of aromatic nitrogens is 2. The predicted octanol–water partition coefficient (Wildman–Crippen LogP) is 4.27. The number of oxazole rings is 1. The number of carbonyl (C=O) groups is 1. The number of carbonyl (C=O) groups excluding carboxylic acids is 1. The van der Waals surface area contributed by atoms with Crippen molar-refractivity contribution in [2.45, 2.75) is 41.2 Å². The molecule has 3 aromatic rings. The molecule has 0 saturated carbocycles. The number of thiazole rings is 1. The minimum Gasteiger partial charge on any atom is -0.444 e. The van der Waals surface area contributed by atoms with Crippen LogP contribution in [-0.4, -0.2) is 15.9 Å². The number of benzene rings is 1. The highest BCUT2D eigenvalue weighted by Crippen LogP contribution is 2.30. The Bertz CT molecular complexity index is 921. The van der Waals surface area contributed by atoms with Crippen molar-refractivity contribution in [1.29, 1.82) is 0 Å². The first-order chi connectivity index (χ1) is 11.8. The third-order valence-electron chi connectivity index (χ3n) is 4.09. The molecule has 6 heteroatoms. The quantitative estimate of drug-likeness (QED) is 0.759. The SMILES string of the molecule is Cc1ccc(-c2nc(C)c(C(=O)NCc3nc(C)c(C)o3)s2)c(C)c1. The Morgan fingerprint density at radius 3 is 2.52 bits per heavy atom. The Hall–Kier alpha value is -2.47. The Morgan fingerprint density at radius 2 is 1.88 bits per heavy atom. The minimum absolute atomic E-state index is 0.153. The van der Waals surface area contributed by atoms with Crippen LogP contribution in [0.4, 0.5) is 0 Å². The Labute approximate surface area is 151 Å². The topological polar surface area (TPSA) is 68.0 Å². The van der Waals surface area contributed by atoms with E-state index in [4.69, 9.17) is 4.42 Å². The molecule has 0 atom stereocenters. The maximum absolute atomic E-state index is 12.5. The van der Waals surface area contributed by atoms with Crippen LogP contribution in [0.15, 0.2) is 22.6 Å². The summed E-state index contributed by atoms with van der Waals surface area (Å²) in [6.45, 7) is 9.99. The van der Waals surface area contributed by atoms with Gasteiger partial charge in [-0.3, -0.25) is 4.79 Å². The zero-order valence-electron chi connectivity index (χ0n) is 15.1. The number of nitrogens with zero attached hydrogens (tertiary/aromatic N) is 2. The van der Waals surface area contributed by atoms with Gasteiger partial charge < -0.3 is 9.73 Å². The number of hydrogen-bond donors (Lipinski definition) is 1. The van der Waals surface area contributed by atoms with Crippen molar-refractivity contribution < 1.29 is 9.21 Å². The van der Waals surface area contributed by atoms with Crippen LogP contribution in [-0.2, 0) is 6.54 Å².